The minimum atomic E-state index is 0.256. The second kappa shape index (κ2) is 6.53. The summed E-state index contributed by atoms with van der Waals surface area (Å²) in [4.78, 5) is 14.8. The van der Waals surface area contributed by atoms with Crippen molar-refractivity contribution in [2.24, 2.45) is 5.92 Å². The van der Waals surface area contributed by atoms with Crippen LogP contribution in [-0.2, 0) is 0 Å². The number of carbonyl (C=O) groups is 1. The largest absolute Gasteiger partial charge is 0.296 e. The van der Waals surface area contributed by atoms with Gasteiger partial charge in [0.1, 0.15) is 0 Å². The molecule has 1 aliphatic carbocycles. The van der Waals surface area contributed by atoms with Crippen molar-refractivity contribution in [2.45, 2.75) is 52.5 Å². The summed E-state index contributed by atoms with van der Waals surface area (Å²) in [5.74, 6) is 1.05. The first-order chi connectivity index (χ1) is 9.47. The minimum absolute atomic E-state index is 0.256. The summed E-state index contributed by atoms with van der Waals surface area (Å²) in [5.41, 5.74) is 3.14. The highest BCUT2D eigenvalue weighted by atomic mass is 16.1. The van der Waals surface area contributed by atoms with E-state index in [1.807, 2.05) is 26.0 Å². The first-order valence-corrected chi connectivity index (χ1v) is 7.78. The number of aryl methyl sites for hydroxylation is 2. The van der Waals surface area contributed by atoms with Gasteiger partial charge in [-0.1, -0.05) is 37.5 Å². The molecule has 0 aliphatic heterocycles. The summed E-state index contributed by atoms with van der Waals surface area (Å²) in [6.45, 7) is 6.94. The van der Waals surface area contributed by atoms with Gasteiger partial charge in [-0.2, -0.15) is 0 Å². The highest BCUT2D eigenvalue weighted by molar-refractivity contribution is 5.99. The van der Waals surface area contributed by atoms with Gasteiger partial charge in [-0.25, -0.2) is 0 Å². The fourth-order valence-corrected chi connectivity index (χ4v) is 3.28. The predicted octanol–water partition coefficient (Wildman–Crippen LogP) is 4.00. The molecule has 110 valence electrons. The minimum Gasteiger partial charge on any atom is -0.296 e. The zero-order chi connectivity index (χ0) is 14.7. The fraction of sp³-hybridized carbons (Fsp3) is 0.611. The molecule has 0 radical (unpaired) electrons. The van der Waals surface area contributed by atoms with Crippen LogP contribution in [0, 0.1) is 19.8 Å². The molecule has 0 amide bonds. The number of ketones is 1. The van der Waals surface area contributed by atoms with Gasteiger partial charge in [0.05, 0.1) is 6.54 Å². The lowest BCUT2D eigenvalue weighted by atomic mass is 9.86. The average molecular weight is 273 g/mol. The Morgan fingerprint density at radius 1 is 1.30 bits per heavy atom. The summed E-state index contributed by atoms with van der Waals surface area (Å²) in [7, 11) is 2.10. The number of Topliss-reactive ketones (excluding diaryl/α,β-unsaturated/α-hetero) is 1. The van der Waals surface area contributed by atoms with Gasteiger partial charge in [0.15, 0.2) is 5.78 Å². The number of hydrogen-bond acceptors (Lipinski definition) is 2. The van der Waals surface area contributed by atoms with Crippen LogP contribution in [0.4, 0.5) is 0 Å². The molecule has 1 fully saturated rings. The number of nitrogens with zero attached hydrogens (tertiary/aromatic N) is 1. The van der Waals surface area contributed by atoms with Gasteiger partial charge < -0.3 is 0 Å². The lowest BCUT2D eigenvalue weighted by molar-refractivity contribution is 0.0882. The average Bonchev–Trinajstić information content (AvgIpc) is 2.41. The molecule has 2 rings (SSSR count). The van der Waals surface area contributed by atoms with E-state index < -0.39 is 0 Å². The first-order valence-electron chi connectivity index (χ1n) is 7.78. The van der Waals surface area contributed by atoms with E-state index in [2.05, 4.69) is 24.9 Å². The Hall–Kier alpha value is -1.15. The van der Waals surface area contributed by atoms with E-state index in [-0.39, 0.29) is 5.78 Å². The molecule has 2 nitrogen and oxygen atoms in total. The van der Waals surface area contributed by atoms with E-state index in [0.29, 0.717) is 12.6 Å². The third-order valence-corrected chi connectivity index (χ3v) is 4.62. The second-order valence-electron chi connectivity index (χ2n) is 6.58. The monoisotopic (exact) mass is 273 g/mol. The molecule has 1 aromatic rings. The highest BCUT2D eigenvalue weighted by Gasteiger charge is 2.24. The van der Waals surface area contributed by atoms with Gasteiger partial charge in [0, 0.05) is 11.6 Å². The number of hydrogen-bond donors (Lipinski definition) is 0. The van der Waals surface area contributed by atoms with Gasteiger partial charge in [0.2, 0.25) is 0 Å². The van der Waals surface area contributed by atoms with Crippen molar-refractivity contribution in [3.63, 3.8) is 0 Å². The van der Waals surface area contributed by atoms with E-state index >= 15 is 0 Å². The fourth-order valence-electron chi connectivity index (χ4n) is 3.28. The van der Waals surface area contributed by atoms with Gasteiger partial charge in [-0.15, -0.1) is 0 Å². The van der Waals surface area contributed by atoms with Crippen LogP contribution in [0.1, 0.15) is 54.1 Å². The van der Waals surface area contributed by atoms with Crippen LogP contribution >= 0.6 is 0 Å². The number of likely N-dealkylation sites (N-methyl/N-ethyl adjacent to an activating group) is 1. The standard InChI is InChI=1S/C18H27NO/c1-13-6-5-7-16(10-13)19(4)12-18(20)17-11-14(2)8-9-15(17)3/h8-9,11,13,16H,5-7,10,12H2,1-4H3. The lowest BCUT2D eigenvalue weighted by Crippen LogP contribution is -2.38. The van der Waals surface area contributed by atoms with Crippen molar-refractivity contribution >= 4 is 5.78 Å². The Labute approximate surface area is 123 Å². The van der Waals surface area contributed by atoms with Crippen molar-refractivity contribution in [3.8, 4) is 0 Å². The molecule has 1 aliphatic rings. The Bertz CT molecular complexity index is 480. The Balaban J connectivity index is 2.01. The van der Waals surface area contributed by atoms with Gasteiger partial charge in [-0.3, -0.25) is 9.69 Å². The van der Waals surface area contributed by atoms with Crippen LogP contribution in [-0.4, -0.2) is 30.3 Å². The van der Waals surface area contributed by atoms with Crippen molar-refractivity contribution < 1.29 is 4.79 Å². The molecule has 2 unspecified atom stereocenters. The number of carbonyl (C=O) groups excluding carboxylic acids is 1. The van der Waals surface area contributed by atoms with Gasteiger partial charge in [0.25, 0.3) is 0 Å². The number of rotatable bonds is 4. The molecule has 1 saturated carbocycles. The molecule has 0 N–H and O–H groups in total. The van der Waals surface area contributed by atoms with Crippen LogP contribution in [0.25, 0.3) is 0 Å². The Morgan fingerprint density at radius 3 is 2.75 bits per heavy atom. The molecule has 20 heavy (non-hydrogen) atoms. The molecule has 2 heteroatoms. The lowest BCUT2D eigenvalue weighted by Gasteiger charge is -2.33. The van der Waals surface area contributed by atoms with Crippen molar-refractivity contribution in [1.29, 1.82) is 0 Å². The SMILES string of the molecule is Cc1ccc(C)c(C(=O)CN(C)C2CCCC(C)C2)c1. The molecule has 0 aromatic heterocycles. The maximum absolute atomic E-state index is 12.5. The molecule has 0 saturated heterocycles. The molecule has 0 heterocycles. The van der Waals surface area contributed by atoms with E-state index in [1.54, 1.807) is 0 Å². The normalized spacial score (nSPS) is 23.1. The maximum atomic E-state index is 12.5. The van der Waals surface area contributed by atoms with Gasteiger partial charge in [-0.05, 0) is 51.3 Å². The first kappa shape index (κ1) is 15.2. The summed E-state index contributed by atoms with van der Waals surface area (Å²) in [6, 6.07) is 6.71. The predicted molar refractivity (Wildman–Crippen MR) is 84.3 cm³/mol. The van der Waals surface area contributed by atoms with E-state index in [9.17, 15) is 4.79 Å². The molecular formula is C18H27NO. The highest BCUT2D eigenvalue weighted by Crippen LogP contribution is 2.26. The third-order valence-electron chi connectivity index (χ3n) is 4.62. The third kappa shape index (κ3) is 3.69. The molecule has 2 atom stereocenters. The van der Waals surface area contributed by atoms with Crippen molar-refractivity contribution in [1.82, 2.24) is 4.90 Å². The van der Waals surface area contributed by atoms with E-state index in [0.717, 1.165) is 22.6 Å². The number of benzene rings is 1. The molecule has 0 bridgehead atoms. The van der Waals surface area contributed by atoms with Gasteiger partial charge >= 0.3 is 0 Å². The van der Waals surface area contributed by atoms with Crippen LogP contribution in [0.3, 0.4) is 0 Å². The summed E-state index contributed by atoms with van der Waals surface area (Å²) in [6.07, 6.45) is 5.11. The van der Waals surface area contributed by atoms with Crippen LogP contribution in [0.5, 0.6) is 0 Å². The Kier molecular flexibility index (Phi) is 4.98. The zero-order valence-corrected chi connectivity index (χ0v) is 13.3. The Morgan fingerprint density at radius 2 is 2.05 bits per heavy atom. The quantitative estimate of drug-likeness (QED) is 0.773. The van der Waals surface area contributed by atoms with Crippen LogP contribution in [0.15, 0.2) is 18.2 Å². The summed E-state index contributed by atoms with van der Waals surface area (Å²) < 4.78 is 0. The molecule has 0 spiro atoms. The van der Waals surface area contributed by atoms with Crippen molar-refractivity contribution in [3.05, 3.63) is 34.9 Å². The summed E-state index contributed by atoms with van der Waals surface area (Å²) >= 11 is 0. The molecular weight excluding hydrogens is 246 g/mol. The van der Waals surface area contributed by atoms with E-state index in [1.165, 1.54) is 25.7 Å². The van der Waals surface area contributed by atoms with Crippen molar-refractivity contribution in [2.75, 3.05) is 13.6 Å². The second-order valence-corrected chi connectivity index (χ2v) is 6.58. The molecule has 1 aromatic carbocycles. The topological polar surface area (TPSA) is 20.3 Å². The van der Waals surface area contributed by atoms with Crippen LogP contribution in [0.2, 0.25) is 0 Å². The van der Waals surface area contributed by atoms with E-state index in [4.69, 9.17) is 0 Å². The summed E-state index contributed by atoms with van der Waals surface area (Å²) in [5, 5.41) is 0. The smallest absolute Gasteiger partial charge is 0.177 e. The van der Waals surface area contributed by atoms with Crippen LogP contribution < -0.4 is 0 Å². The zero-order valence-electron chi connectivity index (χ0n) is 13.3. The maximum Gasteiger partial charge on any atom is 0.177 e.